The van der Waals surface area contributed by atoms with Gasteiger partial charge in [0.25, 0.3) is 0 Å². The van der Waals surface area contributed by atoms with Gasteiger partial charge in [0.2, 0.25) is 0 Å². The summed E-state index contributed by atoms with van der Waals surface area (Å²) in [5, 5.41) is 0. The van der Waals surface area contributed by atoms with E-state index in [9.17, 15) is 0 Å². The van der Waals surface area contributed by atoms with Crippen LogP contribution in [0.15, 0.2) is 0 Å². The Hall–Kier alpha value is -0.120. The molecule has 2 aliphatic heterocycles. The Morgan fingerprint density at radius 2 is 1.20 bits per heavy atom. The van der Waals surface area contributed by atoms with E-state index in [4.69, 9.17) is 0 Å². The van der Waals surface area contributed by atoms with Crippen molar-refractivity contribution in [1.29, 1.82) is 0 Å². The molecule has 4 aliphatic rings. The zero-order valence-corrected chi connectivity index (χ0v) is 13.3. The van der Waals surface area contributed by atoms with Gasteiger partial charge in [-0.1, -0.05) is 6.92 Å². The SMILES string of the molecule is CC1CC2CC(N3CCN(C4CN(C)C4)CC3)CC2C1. The number of likely N-dealkylation sites (tertiary alicyclic amines) is 1. The Kier molecular flexibility index (Phi) is 3.56. The molecule has 2 atom stereocenters. The summed E-state index contributed by atoms with van der Waals surface area (Å²) < 4.78 is 0. The Morgan fingerprint density at radius 1 is 0.700 bits per heavy atom. The Bertz CT molecular complexity index is 330. The molecule has 2 saturated heterocycles. The molecule has 4 rings (SSSR count). The van der Waals surface area contributed by atoms with Crippen LogP contribution in [0.4, 0.5) is 0 Å². The lowest BCUT2D eigenvalue weighted by Gasteiger charge is -2.48. The van der Waals surface area contributed by atoms with E-state index >= 15 is 0 Å². The van der Waals surface area contributed by atoms with Crippen LogP contribution in [0.3, 0.4) is 0 Å². The fourth-order valence-electron chi connectivity index (χ4n) is 5.55. The van der Waals surface area contributed by atoms with Crippen molar-refractivity contribution in [3.05, 3.63) is 0 Å². The van der Waals surface area contributed by atoms with Gasteiger partial charge in [-0.2, -0.15) is 0 Å². The van der Waals surface area contributed by atoms with Crippen LogP contribution in [-0.4, -0.2) is 73.1 Å². The smallest absolute Gasteiger partial charge is 0.0351 e. The highest BCUT2D eigenvalue weighted by molar-refractivity contribution is 4.96. The number of rotatable bonds is 2. The number of hydrogen-bond donors (Lipinski definition) is 0. The highest BCUT2D eigenvalue weighted by Crippen LogP contribution is 2.48. The first-order valence-corrected chi connectivity index (χ1v) is 8.85. The topological polar surface area (TPSA) is 9.72 Å². The van der Waals surface area contributed by atoms with Crippen molar-refractivity contribution in [2.75, 3.05) is 46.3 Å². The van der Waals surface area contributed by atoms with Gasteiger partial charge < -0.3 is 4.90 Å². The summed E-state index contributed by atoms with van der Waals surface area (Å²) in [5.41, 5.74) is 0. The molecule has 2 unspecified atom stereocenters. The third-order valence-corrected chi connectivity index (χ3v) is 6.65. The van der Waals surface area contributed by atoms with Crippen molar-refractivity contribution in [3.8, 4) is 0 Å². The molecule has 2 saturated carbocycles. The predicted octanol–water partition coefficient (Wildman–Crippen LogP) is 1.74. The van der Waals surface area contributed by atoms with E-state index in [1.165, 1.54) is 65.0 Å². The normalized spacial score (nSPS) is 44.7. The molecule has 20 heavy (non-hydrogen) atoms. The highest BCUT2D eigenvalue weighted by Gasteiger charge is 2.42. The molecule has 0 N–H and O–H groups in total. The molecule has 114 valence electrons. The van der Waals surface area contributed by atoms with Gasteiger partial charge in [0.15, 0.2) is 0 Å². The van der Waals surface area contributed by atoms with Gasteiger partial charge in [-0.3, -0.25) is 9.80 Å². The van der Waals surface area contributed by atoms with Gasteiger partial charge in [0.05, 0.1) is 0 Å². The monoisotopic (exact) mass is 277 g/mol. The molecule has 0 spiro atoms. The van der Waals surface area contributed by atoms with Crippen LogP contribution in [0.25, 0.3) is 0 Å². The lowest BCUT2D eigenvalue weighted by atomic mass is 10.0. The molecule has 3 heteroatoms. The van der Waals surface area contributed by atoms with Crippen LogP contribution in [0, 0.1) is 17.8 Å². The maximum Gasteiger partial charge on any atom is 0.0351 e. The molecular formula is C17H31N3. The van der Waals surface area contributed by atoms with Gasteiger partial charge >= 0.3 is 0 Å². The van der Waals surface area contributed by atoms with Crippen LogP contribution >= 0.6 is 0 Å². The van der Waals surface area contributed by atoms with Crippen LogP contribution in [0.1, 0.15) is 32.6 Å². The molecule has 0 amide bonds. The first-order valence-electron chi connectivity index (χ1n) is 8.85. The molecule has 0 aromatic rings. The first kappa shape index (κ1) is 13.5. The Morgan fingerprint density at radius 3 is 1.70 bits per heavy atom. The molecule has 2 heterocycles. The van der Waals surface area contributed by atoms with E-state index < -0.39 is 0 Å². The largest absolute Gasteiger partial charge is 0.303 e. The number of likely N-dealkylation sites (N-methyl/N-ethyl adjacent to an activating group) is 1. The lowest BCUT2D eigenvalue weighted by Crippen LogP contribution is -2.62. The van der Waals surface area contributed by atoms with Crippen molar-refractivity contribution >= 4 is 0 Å². The number of hydrogen-bond acceptors (Lipinski definition) is 3. The summed E-state index contributed by atoms with van der Waals surface area (Å²) >= 11 is 0. The molecule has 2 aliphatic carbocycles. The molecule has 3 nitrogen and oxygen atoms in total. The maximum atomic E-state index is 2.84. The third kappa shape index (κ3) is 2.42. The van der Waals surface area contributed by atoms with Gasteiger partial charge in [0.1, 0.15) is 0 Å². The summed E-state index contributed by atoms with van der Waals surface area (Å²) in [4.78, 5) is 8.02. The number of nitrogens with zero attached hydrogens (tertiary/aromatic N) is 3. The summed E-state index contributed by atoms with van der Waals surface area (Å²) in [6, 6.07) is 1.80. The lowest BCUT2D eigenvalue weighted by molar-refractivity contribution is 0.00701. The molecule has 0 radical (unpaired) electrons. The molecule has 0 aromatic carbocycles. The minimum atomic E-state index is 0.867. The van der Waals surface area contributed by atoms with Crippen LogP contribution < -0.4 is 0 Å². The van der Waals surface area contributed by atoms with E-state index in [1.807, 2.05) is 0 Å². The summed E-state index contributed by atoms with van der Waals surface area (Å²) in [6.07, 6.45) is 6.08. The first-order chi connectivity index (χ1) is 9.69. The van der Waals surface area contributed by atoms with E-state index in [0.29, 0.717) is 0 Å². The number of fused-ring (bicyclic) bond motifs is 1. The van der Waals surface area contributed by atoms with Crippen molar-refractivity contribution < 1.29 is 0 Å². The fraction of sp³-hybridized carbons (Fsp3) is 1.00. The second kappa shape index (κ2) is 5.26. The molecular weight excluding hydrogens is 246 g/mol. The van der Waals surface area contributed by atoms with Crippen LogP contribution in [-0.2, 0) is 0 Å². The third-order valence-electron chi connectivity index (χ3n) is 6.65. The number of piperazine rings is 1. The summed E-state index contributed by atoms with van der Waals surface area (Å²) in [5.74, 6) is 3.17. The average molecular weight is 277 g/mol. The quantitative estimate of drug-likeness (QED) is 0.761. The Labute approximate surface area is 124 Å². The average Bonchev–Trinajstić information content (AvgIpc) is 2.92. The summed E-state index contributed by atoms with van der Waals surface area (Å²) in [6.45, 7) is 10.4. The predicted molar refractivity (Wildman–Crippen MR) is 82.8 cm³/mol. The van der Waals surface area contributed by atoms with E-state index in [2.05, 4.69) is 28.7 Å². The van der Waals surface area contributed by atoms with Gasteiger partial charge in [0, 0.05) is 51.4 Å². The highest BCUT2D eigenvalue weighted by atomic mass is 15.3. The zero-order valence-electron chi connectivity index (χ0n) is 13.3. The molecule has 4 fully saturated rings. The van der Waals surface area contributed by atoms with Crippen molar-refractivity contribution in [3.63, 3.8) is 0 Å². The minimum absolute atomic E-state index is 0.867. The second-order valence-corrected chi connectivity index (χ2v) is 8.17. The van der Waals surface area contributed by atoms with Crippen molar-refractivity contribution in [2.45, 2.75) is 44.7 Å². The van der Waals surface area contributed by atoms with E-state index in [0.717, 1.165) is 29.8 Å². The maximum absolute atomic E-state index is 2.84. The van der Waals surface area contributed by atoms with Crippen LogP contribution in [0.5, 0.6) is 0 Å². The van der Waals surface area contributed by atoms with Crippen LogP contribution in [0.2, 0.25) is 0 Å². The molecule has 0 aromatic heterocycles. The van der Waals surface area contributed by atoms with E-state index in [1.54, 1.807) is 0 Å². The van der Waals surface area contributed by atoms with Crippen molar-refractivity contribution in [1.82, 2.24) is 14.7 Å². The molecule has 0 bridgehead atoms. The summed E-state index contributed by atoms with van der Waals surface area (Å²) in [7, 11) is 2.24. The van der Waals surface area contributed by atoms with E-state index in [-0.39, 0.29) is 0 Å². The van der Waals surface area contributed by atoms with Gasteiger partial charge in [-0.25, -0.2) is 0 Å². The van der Waals surface area contributed by atoms with Gasteiger partial charge in [-0.15, -0.1) is 0 Å². The zero-order chi connectivity index (χ0) is 13.7. The Balaban J connectivity index is 1.26. The second-order valence-electron chi connectivity index (χ2n) is 8.17. The fourth-order valence-corrected chi connectivity index (χ4v) is 5.55. The standard InChI is InChI=1S/C17H31N3/c1-13-7-14-9-16(10-15(14)8-13)19-3-5-20(6-4-19)17-11-18(2)12-17/h13-17H,3-12H2,1-2H3. The van der Waals surface area contributed by atoms with Crippen molar-refractivity contribution in [2.24, 2.45) is 17.8 Å². The minimum Gasteiger partial charge on any atom is -0.303 e. The van der Waals surface area contributed by atoms with Gasteiger partial charge in [-0.05, 0) is 50.5 Å².